The Morgan fingerprint density at radius 1 is 1.12 bits per heavy atom. The van der Waals surface area contributed by atoms with Crippen LogP contribution in [0.25, 0.3) is 0 Å². The number of nitrogens with zero attached hydrogens (tertiary/aromatic N) is 3. The smallest absolute Gasteiger partial charge is 0.227 e. The van der Waals surface area contributed by atoms with Gasteiger partial charge in [-0.25, -0.2) is 0 Å². The number of benzene rings is 1. The van der Waals surface area contributed by atoms with E-state index in [-0.39, 0.29) is 5.92 Å². The molecule has 1 amide bonds. The molecule has 1 aliphatic carbocycles. The maximum absolute atomic E-state index is 12.9. The molecule has 0 N–H and O–H groups in total. The van der Waals surface area contributed by atoms with E-state index in [2.05, 4.69) is 15.9 Å². The van der Waals surface area contributed by atoms with Crippen molar-refractivity contribution < 1.29 is 4.79 Å². The van der Waals surface area contributed by atoms with Crippen LogP contribution in [0.2, 0.25) is 0 Å². The normalized spacial score (nSPS) is 27.6. The Bertz CT molecular complexity index is 661. The minimum atomic E-state index is 0.151. The molecule has 4 aliphatic rings. The highest BCUT2D eigenvalue weighted by Crippen LogP contribution is 2.34. The minimum absolute atomic E-state index is 0.151. The lowest BCUT2D eigenvalue weighted by molar-refractivity contribution is -0.141. The topological polar surface area (TPSA) is 47.3 Å². The molecule has 0 aromatic heterocycles. The van der Waals surface area contributed by atoms with Crippen molar-refractivity contribution in [2.75, 3.05) is 19.6 Å². The monoisotopic (exact) mass is 323 g/mol. The van der Waals surface area contributed by atoms with Crippen molar-refractivity contribution >= 4 is 5.91 Å². The van der Waals surface area contributed by atoms with E-state index in [4.69, 9.17) is 0 Å². The number of nitriles is 1. The first kappa shape index (κ1) is 15.7. The molecule has 2 bridgehead atoms. The first-order valence-corrected chi connectivity index (χ1v) is 9.25. The van der Waals surface area contributed by atoms with Gasteiger partial charge in [-0.3, -0.25) is 9.69 Å². The Kier molecular flexibility index (Phi) is 4.28. The van der Waals surface area contributed by atoms with E-state index >= 15 is 0 Å². The third-order valence-electron chi connectivity index (χ3n) is 6.08. The van der Waals surface area contributed by atoms with Crippen LogP contribution in [0.15, 0.2) is 24.3 Å². The van der Waals surface area contributed by atoms with E-state index in [9.17, 15) is 10.1 Å². The third kappa shape index (κ3) is 2.93. The summed E-state index contributed by atoms with van der Waals surface area (Å²) in [6, 6.07) is 10.5. The predicted octanol–water partition coefficient (Wildman–Crippen LogP) is 2.78. The number of rotatable bonds is 4. The van der Waals surface area contributed by atoms with Crippen molar-refractivity contribution in [3.8, 4) is 6.07 Å². The average Bonchev–Trinajstić information content (AvgIpc) is 2.82. The number of fused-ring (bicyclic) bond motifs is 4. The second-order valence-corrected chi connectivity index (χ2v) is 7.68. The van der Waals surface area contributed by atoms with E-state index < -0.39 is 0 Å². The van der Waals surface area contributed by atoms with E-state index in [1.165, 1.54) is 19.3 Å². The van der Waals surface area contributed by atoms with Crippen molar-refractivity contribution in [2.24, 2.45) is 11.8 Å². The van der Waals surface area contributed by atoms with Crippen LogP contribution in [0.4, 0.5) is 0 Å². The predicted molar refractivity (Wildman–Crippen MR) is 92.0 cm³/mol. The van der Waals surface area contributed by atoms with Gasteiger partial charge in [0, 0.05) is 32.2 Å². The lowest BCUT2D eigenvalue weighted by Crippen LogP contribution is -2.50. The second-order valence-electron chi connectivity index (χ2n) is 7.68. The maximum atomic E-state index is 12.9. The van der Waals surface area contributed by atoms with Crippen molar-refractivity contribution in [1.82, 2.24) is 9.80 Å². The number of amides is 1. The molecule has 0 unspecified atom stereocenters. The van der Waals surface area contributed by atoms with Crippen LogP contribution < -0.4 is 0 Å². The minimum Gasteiger partial charge on any atom is -0.338 e. The van der Waals surface area contributed by atoms with Crippen LogP contribution in [0, 0.1) is 23.2 Å². The van der Waals surface area contributed by atoms with Crippen molar-refractivity contribution in [3.05, 3.63) is 35.4 Å². The Morgan fingerprint density at radius 3 is 2.71 bits per heavy atom. The summed E-state index contributed by atoms with van der Waals surface area (Å²) in [5, 5.41) is 9.31. The molecule has 0 radical (unpaired) electrons. The molecule has 3 aliphatic heterocycles. The number of hydrogen-bond acceptors (Lipinski definition) is 3. The van der Waals surface area contributed by atoms with Gasteiger partial charge in [0.2, 0.25) is 5.91 Å². The van der Waals surface area contributed by atoms with Crippen molar-refractivity contribution in [2.45, 2.75) is 44.7 Å². The Balaban J connectivity index is 1.49. The van der Waals surface area contributed by atoms with Gasteiger partial charge in [0.1, 0.15) is 0 Å². The van der Waals surface area contributed by atoms with Crippen LogP contribution in [-0.4, -0.2) is 41.4 Å². The summed E-state index contributed by atoms with van der Waals surface area (Å²) in [5.74, 6) is 1.27. The van der Waals surface area contributed by atoms with Gasteiger partial charge < -0.3 is 4.90 Å². The third-order valence-corrected chi connectivity index (χ3v) is 6.08. The fraction of sp³-hybridized carbons (Fsp3) is 0.600. The molecule has 126 valence electrons. The highest BCUT2D eigenvalue weighted by molar-refractivity contribution is 5.80. The number of hydrogen-bond donors (Lipinski definition) is 0. The zero-order chi connectivity index (χ0) is 16.5. The lowest BCUT2D eigenvalue weighted by atomic mass is 9.83. The van der Waals surface area contributed by atoms with Crippen LogP contribution in [0.5, 0.6) is 0 Å². The number of carbonyl (C=O) groups excluding carboxylic acids is 1. The number of piperidine rings is 1. The van der Waals surface area contributed by atoms with E-state index in [0.29, 0.717) is 11.9 Å². The molecule has 0 spiro atoms. The summed E-state index contributed by atoms with van der Waals surface area (Å²) >= 11 is 0. The molecule has 2 atom stereocenters. The molecule has 4 fully saturated rings. The first-order valence-electron chi connectivity index (χ1n) is 9.25. The van der Waals surface area contributed by atoms with Crippen LogP contribution in [-0.2, 0) is 11.3 Å². The maximum Gasteiger partial charge on any atom is 0.227 e. The molecule has 1 aromatic carbocycles. The quantitative estimate of drug-likeness (QED) is 0.856. The van der Waals surface area contributed by atoms with Gasteiger partial charge in [-0.1, -0.05) is 24.6 Å². The fourth-order valence-electron chi connectivity index (χ4n) is 4.46. The first-order chi connectivity index (χ1) is 11.7. The molecular formula is C20H25N3O. The summed E-state index contributed by atoms with van der Waals surface area (Å²) in [4.78, 5) is 17.5. The second kappa shape index (κ2) is 6.57. The SMILES string of the molecule is N#Cc1ccccc1CN1C[C@@H]2CC[C@H](C1)N(CC1CCC1)C2=O. The summed E-state index contributed by atoms with van der Waals surface area (Å²) < 4.78 is 0. The zero-order valence-electron chi connectivity index (χ0n) is 14.2. The van der Waals surface area contributed by atoms with Gasteiger partial charge in [0.25, 0.3) is 0 Å². The molecule has 4 heteroatoms. The molecular weight excluding hydrogens is 298 g/mol. The number of carbonyl (C=O) groups is 1. The zero-order valence-corrected chi connectivity index (χ0v) is 14.2. The molecule has 5 rings (SSSR count). The molecule has 4 nitrogen and oxygen atoms in total. The molecule has 3 heterocycles. The van der Waals surface area contributed by atoms with Crippen molar-refractivity contribution in [1.29, 1.82) is 5.26 Å². The van der Waals surface area contributed by atoms with Crippen LogP contribution in [0.1, 0.15) is 43.2 Å². The summed E-state index contributed by atoms with van der Waals surface area (Å²) in [7, 11) is 0. The van der Waals surface area contributed by atoms with Crippen molar-refractivity contribution in [3.63, 3.8) is 0 Å². The van der Waals surface area contributed by atoms with E-state index in [1.54, 1.807) is 0 Å². The van der Waals surface area contributed by atoms with E-state index in [0.717, 1.165) is 56.1 Å². The van der Waals surface area contributed by atoms with E-state index in [1.807, 2.05) is 24.3 Å². The molecule has 3 saturated heterocycles. The Labute approximate surface area is 144 Å². The van der Waals surface area contributed by atoms with Gasteiger partial charge in [-0.15, -0.1) is 0 Å². The fourth-order valence-corrected chi connectivity index (χ4v) is 4.46. The van der Waals surface area contributed by atoms with Gasteiger partial charge in [-0.05, 0) is 43.2 Å². The summed E-state index contributed by atoms with van der Waals surface area (Å²) in [6.07, 6.45) is 6.08. The molecule has 1 saturated carbocycles. The van der Waals surface area contributed by atoms with Crippen LogP contribution in [0.3, 0.4) is 0 Å². The van der Waals surface area contributed by atoms with Gasteiger partial charge in [0.15, 0.2) is 0 Å². The lowest BCUT2D eigenvalue weighted by Gasteiger charge is -2.40. The van der Waals surface area contributed by atoms with Gasteiger partial charge in [-0.2, -0.15) is 5.26 Å². The molecule has 24 heavy (non-hydrogen) atoms. The van der Waals surface area contributed by atoms with Gasteiger partial charge >= 0.3 is 0 Å². The largest absolute Gasteiger partial charge is 0.338 e. The average molecular weight is 323 g/mol. The highest BCUT2D eigenvalue weighted by Gasteiger charge is 2.41. The summed E-state index contributed by atoms with van der Waals surface area (Å²) in [5.41, 5.74) is 1.84. The molecule has 1 aromatic rings. The standard InChI is InChI=1S/C20H25N3O/c21-10-16-6-1-2-7-17(16)12-22-13-18-8-9-19(14-22)23(20(18)24)11-15-4-3-5-15/h1-2,6-7,15,18-19H,3-5,8-9,11-14H2/t18-,19+/m0/s1. The highest BCUT2D eigenvalue weighted by atomic mass is 16.2. The van der Waals surface area contributed by atoms with Gasteiger partial charge in [0.05, 0.1) is 17.6 Å². The van der Waals surface area contributed by atoms with Crippen LogP contribution >= 0.6 is 0 Å². The summed E-state index contributed by atoms with van der Waals surface area (Å²) in [6.45, 7) is 3.55. The Morgan fingerprint density at radius 2 is 1.96 bits per heavy atom. The Hall–Kier alpha value is -1.86.